The summed E-state index contributed by atoms with van der Waals surface area (Å²) in [6.07, 6.45) is 0. The van der Waals surface area contributed by atoms with Gasteiger partial charge < -0.3 is 8.83 Å². The molecule has 11 aromatic rings. The number of rotatable bonds is 4. The number of hydrogen-bond acceptors (Lipinski definition) is 2. The number of para-hydroxylation sites is 3. The van der Waals surface area contributed by atoms with E-state index in [0.717, 1.165) is 66.1 Å². The van der Waals surface area contributed by atoms with Gasteiger partial charge in [-0.2, -0.15) is 0 Å². The second-order valence-corrected chi connectivity index (χ2v) is 13.5. The molecule has 0 atom stereocenters. The number of furan rings is 2. The molecule has 2 heterocycles. The standard InChI is InChI=1S/C50H30O2/c1-2-14-31(15-3-1)46-36-19-4-6-21-38(36)47(39-22-7-5-20-37(39)46)33-17-12-16-32(30-33)34-28-29-42(50-48(34)43-23-9-11-27-45(43)52-50)41-25-13-24-40-35-18-8-10-26-44(35)51-49(40)41/h1-30H. The normalized spacial score (nSPS) is 11.8. The van der Waals surface area contributed by atoms with Crippen LogP contribution in [0.3, 0.4) is 0 Å². The third-order valence-corrected chi connectivity index (χ3v) is 10.7. The van der Waals surface area contributed by atoms with Crippen LogP contribution in [0.15, 0.2) is 191 Å². The van der Waals surface area contributed by atoms with E-state index in [4.69, 9.17) is 8.83 Å². The summed E-state index contributed by atoms with van der Waals surface area (Å²) < 4.78 is 13.3. The monoisotopic (exact) mass is 662 g/mol. The summed E-state index contributed by atoms with van der Waals surface area (Å²) in [6, 6.07) is 64.9. The Labute approximate surface area is 299 Å². The minimum atomic E-state index is 0.861. The molecule has 0 aliphatic heterocycles. The Morgan fingerprint density at radius 1 is 0.269 bits per heavy atom. The first kappa shape index (κ1) is 28.9. The van der Waals surface area contributed by atoms with Crippen molar-refractivity contribution < 1.29 is 8.83 Å². The van der Waals surface area contributed by atoms with Crippen LogP contribution in [0.4, 0.5) is 0 Å². The Morgan fingerprint density at radius 2 is 0.731 bits per heavy atom. The van der Waals surface area contributed by atoms with E-state index in [1.807, 2.05) is 18.2 Å². The zero-order valence-electron chi connectivity index (χ0n) is 28.1. The van der Waals surface area contributed by atoms with E-state index in [1.54, 1.807) is 0 Å². The molecule has 0 unspecified atom stereocenters. The molecule has 0 aliphatic rings. The van der Waals surface area contributed by atoms with Gasteiger partial charge in [0.25, 0.3) is 0 Å². The Morgan fingerprint density at radius 3 is 1.44 bits per heavy atom. The summed E-state index contributed by atoms with van der Waals surface area (Å²) in [5, 5.41) is 9.40. The van der Waals surface area contributed by atoms with Crippen LogP contribution < -0.4 is 0 Å². The maximum absolute atomic E-state index is 6.77. The first-order valence-electron chi connectivity index (χ1n) is 17.8. The van der Waals surface area contributed by atoms with E-state index in [9.17, 15) is 0 Å². The summed E-state index contributed by atoms with van der Waals surface area (Å²) >= 11 is 0. The fraction of sp³-hybridized carbons (Fsp3) is 0. The fourth-order valence-electron chi connectivity index (χ4n) is 8.44. The molecule has 242 valence electrons. The summed E-state index contributed by atoms with van der Waals surface area (Å²) in [5.74, 6) is 0. The maximum atomic E-state index is 6.77. The highest BCUT2D eigenvalue weighted by Gasteiger charge is 2.21. The van der Waals surface area contributed by atoms with E-state index in [2.05, 4.69) is 164 Å². The lowest BCUT2D eigenvalue weighted by Crippen LogP contribution is -1.91. The summed E-state index contributed by atoms with van der Waals surface area (Å²) in [7, 11) is 0. The summed E-state index contributed by atoms with van der Waals surface area (Å²) in [6.45, 7) is 0. The van der Waals surface area contributed by atoms with Gasteiger partial charge in [-0.15, -0.1) is 0 Å². The number of hydrogen-bond donors (Lipinski definition) is 0. The average Bonchev–Trinajstić information content (AvgIpc) is 3.79. The molecule has 0 amide bonds. The Kier molecular flexibility index (Phi) is 6.28. The van der Waals surface area contributed by atoms with Crippen LogP contribution in [0.1, 0.15) is 0 Å². The van der Waals surface area contributed by atoms with Crippen LogP contribution in [0, 0.1) is 0 Å². The molecule has 52 heavy (non-hydrogen) atoms. The minimum absolute atomic E-state index is 0.861. The van der Waals surface area contributed by atoms with Crippen LogP contribution in [0.5, 0.6) is 0 Å². The zero-order chi connectivity index (χ0) is 34.2. The van der Waals surface area contributed by atoms with Crippen molar-refractivity contribution in [3.63, 3.8) is 0 Å². The second kappa shape index (κ2) is 11.3. The molecule has 0 spiro atoms. The van der Waals surface area contributed by atoms with Crippen molar-refractivity contribution in [3.8, 4) is 44.5 Å². The summed E-state index contributed by atoms with van der Waals surface area (Å²) in [4.78, 5) is 0. The Hall–Kier alpha value is -6.90. The van der Waals surface area contributed by atoms with Gasteiger partial charge in [-0.25, -0.2) is 0 Å². The van der Waals surface area contributed by atoms with Crippen molar-refractivity contribution in [2.45, 2.75) is 0 Å². The molecular formula is C50H30O2. The molecular weight excluding hydrogens is 633 g/mol. The molecule has 0 aliphatic carbocycles. The smallest absolute Gasteiger partial charge is 0.144 e. The van der Waals surface area contributed by atoms with Crippen LogP contribution in [0.25, 0.3) is 110 Å². The van der Waals surface area contributed by atoms with Crippen LogP contribution in [-0.2, 0) is 0 Å². The predicted molar refractivity (Wildman–Crippen MR) is 218 cm³/mol. The lowest BCUT2D eigenvalue weighted by molar-refractivity contribution is 0.665. The van der Waals surface area contributed by atoms with Crippen LogP contribution in [-0.4, -0.2) is 0 Å². The first-order valence-corrected chi connectivity index (χ1v) is 17.8. The first-order chi connectivity index (χ1) is 25.8. The lowest BCUT2D eigenvalue weighted by Gasteiger charge is -2.18. The Bertz CT molecular complexity index is 3120. The molecule has 0 saturated heterocycles. The lowest BCUT2D eigenvalue weighted by atomic mass is 9.85. The average molecular weight is 663 g/mol. The van der Waals surface area contributed by atoms with E-state index >= 15 is 0 Å². The van der Waals surface area contributed by atoms with Gasteiger partial charge in [-0.3, -0.25) is 0 Å². The van der Waals surface area contributed by atoms with Gasteiger partial charge in [0, 0.05) is 32.7 Å². The highest BCUT2D eigenvalue weighted by Crippen LogP contribution is 2.47. The third kappa shape index (κ3) is 4.25. The maximum Gasteiger partial charge on any atom is 0.144 e. The van der Waals surface area contributed by atoms with Gasteiger partial charge in [0.1, 0.15) is 22.3 Å². The molecule has 2 aromatic heterocycles. The molecule has 2 heteroatoms. The summed E-state index contributed by atoms with van der Waals surface area (Å²) in [5.41, 5.74) is 12.7. The molecule has 2 nitrogen and oxygen atoms in total. The highest BCUT2D eigenvalue weighted by molar-refractivity contribution is 6.22. The van der Waals surface area contributed by atoms with E-state index in [1.165, 1.54) is 43.8 Å². The van der Waals surface area contributed by atoms with Crippen molar-refractivity contribution in [2.24, 2.45) is 0 Å². The van der Waals surface area contributed by atoms with Gasteiger partial charge in [-0.1, -0.05) is 158 Å². The fourth-order valence-corrected chi connectivity index (χ4v) is 8.44. The molecule has 0 bridgehead atoms. The van der Waals surface area contributed by atoms with Gasteiger partial charge in [0.15, 0.2) is 0 Å². The Balaban J connectivity index is 1.16. The van der Waals surface area contributed by atoms with E-state index < -0.39 is 0 Å². The van der Waals surface area contributed by atoms with Crippen LogP contribution >= 0.6 is 0 Å². The highest BCUT2D eigenvalue weighted by atomic mass is 16.3. The van der Waals surface area contributed by atoms with Gasteiger partial charge in [-0.05, 0) is 79.2 Å². The number of benzene rings is 9. The van der Waals surface area contributed by atoms with Gasteiger partial charge in [0.2, 0.25) is 0 Å². The topological polar surface area (TPSA) is 26.3 Å². The zero-order valence-corrected chi connectivity index (χ0v) is 28.1. The molecule has 11 rings (SSSR count). The SMILES string of the molecule is c1ccc(-c2c3ccccc3c(-c3cccc(-c4ccc(-c5cccc6c5oc5ccccc56)c5oc6ccccc6c45)c3)c3ccccc23)cc1. The largest absolute Gasteiger partial charge is 0.455 e. The molecule has 0 fully saturated rings. The van der Waals surface area contributed by atoms with Crippen molar-refractivity contribution in [1.82, 2.24) is 0 Å². The molecule has 0 radical (unpaired) electrons. The van der Waals surface area contributed by atoms with Gasteiger partial charge >= 0.3 is 0 Å². The van der Waals surface area contributed by atoms with Gasteiger partial charge in [0.05, 0.1) is 0 Å². The van der Waals surface area contributed by atoms with Crippen molar-refractivity contribution in [1.29, 1.82) is 0 Å². The van der Waals surface area contributed by atoms with E-state index in [0.29, 0.717) is 0 Å². The predicted octanol–water partition coefficient (Wildman–Crippen LogP) is 14.5. The van der Waals surface area contributed by atoms with Crippen LogP contribution in [0.2, 0.25) is 0 Å². The van der Waals surface area contributed by atoms with Crippen molar-refractivity contribution in [3.05, 3.63) is 182 Å². The molecule has 0 saturated carbocycles. The second-order valence-electron chi connectivity index (χ2n) is 13.5. The van der Waals surface area contributed by atoms with E-state index in [-0.39, 0.29) is 0 Å². The van der Waals surface area contributed by atoms with Crippen molar-refractivity contribution in [2.75, 3.05) is 0 Å². The third-order valence-electron chi connectivity index (χ3n) is 10.7. The molecule has 9 aromatic carbocycles. The quantitative estimate of drug-likeness (QED) is 0.175. The number of fused-ring (bicyclic) bond motifs is 8. The molecule has 0 N–H and O–H groups in total. The van der Waals surface area contributed by atoms with Crippen molar-refractivity contribution >= 4 is 65.4 Å². The minimum Gasteiger partial charge on any atom is -0.455 e.